The molecule has 1 aromatic heterocycles. The summed E-state index contributed by atoms with van der Waals surface area (Å²) in [4.78, 5) is 2.35. The van der Waals surface area contributed by atoms with Crippen molar-refractivity contribution in [2.75, 3.05) is 27.4 Å². The molecule has 1 atom stereocenters. The zero-order chi connectivity index (χ0) is 20.8. The lowest BCUT2D eigenvalue weighted by atomic mass is 10.1. The number of aromatic amines is 1. The van der Waals surface area contributed by atoms with E-state index < -0.39 is 0 Å². The lowest BCUT2D eigenvalue weighted by Crippen LogP contribution is -2.32. The molecule has 1 saturated heterocycles. The van der Waals surface area contributed by atoms with E-state index in [4.69, 9.17) is 14.2 Å². The van der Waals surface area contributed by atoms with E-state index in [2.05, 4.69) is 38.5 Å². The second kappa shape index (κ2) is 9.73. The van der Waals surface area contributed by atoms with Crippen LogP contribution in [0.25, 0.3) is 11.3 Å². The summed E-state index contributed by atoms with van der Waals surface area (Å²) in [7, 11) is 3.35. The first-order chi connectivity index (χ1) is 14.8. The Balaban J connectivity index is 1.58. The van der Waals surface area contributed by atoms with Crippen molar-refractivity contribution in [2.24, 2.45) is 0 Å². The number of methoxy groups -OCH3 is 2. The van der Waals surface area contributed by atoms with Crippen molar-refractivity contribution < 1.29 is 14.2 Å². The quantitative estimate of drug-likeness (QED) is 0.582. The third kappa shape index (κ3) is 4.80. The van der Waals surface area contributed by atoms with Crippen LogP contribution in [-0.2, 0) is 17.8 Å². The molecule has 4 rings (SSSR count). The molecular weight excluding hydrogens is 380 g/mol. The molecule has 0 spiro atoms. The van der Waals surface area contributed by atoms with Gasteiger partial charge in [-0.1, -0.05) is 36.4 Å². The highest BCUT2D eigenvalue weighted by molar-refractivity contribution is 5.60. The molecule has 1 aliphatic heterocycles. The maximum absolute atomic E-state index is 5.91. The summed E-state index contributed by atoms with van der Waals surface area (Å²) in [5.74, 6) is 1.60. The number of hydrogen-bond acceptors (Lipinski definition) is 6. The largest absolute Gasteiger partial charge is 0.497 e. The second-order valence-electron chi connectivity index (χ2n) is 7.47. The number of aromatic nitrogens is 3. The first kappa shape index (κ1) is 20.4. The Bertz CT molecular complexity index is 939. The fraction of sp³-hybridized carbons (Fsp3) is 0.391. The van der Waals surface area contributed by atoms with E-state index in [9.17, 15) is 0 Å². The number of nitrogens with zero attached hydrogens (tertiary/aromatic N) is 3. The average Bonchev–Trinajstić information content (AvgIpc) is 3.47. The van der Waals surface area contributed by atoms with Gasteiger partial charge in [-0.15, -0.1) is 0 Å². The van der Waals surface area contributed by atoms with Crippen LogP contribution in [0.1, 0.15) is 24.1 Å². The molecule has 0 unspecified atom stereocenters. The maximum Gasteiger partial charge on any atom is 0.127 e. The second-order valence-corrected chi connectivity index (χ2v) is 7.47. The van der Waals surface area contributed by atoms with E-state index in [0.717, 1.165) is 60.0 Å². The minimum Gasteiger partial charge on any atom is -0.497 e. The zero-order valence-corrected chi connectivity index (χ0v) is 17.5. The van der Waals surface area contributed by atoms with Crippen LogP contribution in [0.3, 0.4) is 0 Å². The summed E-state index contributed by atoms with van der Waals surface area (Å²) < 4.78 is 16.9. The van der Waals surface area contributed by atoms with Crippen LogP contribution >= 0.6 is 0 Å². The van der Waals surface area contributed by atoms with Crippen molar-refractivity contribution in [3.05, 3.63) is 59.8 Å². The molecular formula is C23H28N4O3. The fourth-order valence-electron chi connectivity index (χ4n) is 3.89. The van der Waals surface area contributed by atoms with E-state index in [1.54, 1.807) is 14.2 Å². The van der Waals surface area contributed by atoms with Crippen molar-refractivity contribution in [3.63, 3.8) is 0 Å². The van der Waals surface area contributed by atoms with Gasteiger partial charge in [-0.3, -0.25) is 4.90 Å². The Morgan fingerprint density at radius 3 is 2.67 bits per heavy atom. The molecule has 0 radical (unpaired) electrons. The molecule has 30 heavy (non-hydrogen) atoms. The number of ether oxygens (including phenoxy) is 3. The third-order valence-electron chi connectivity index (χ3n) is 5.41. The predicted molar refractivity (Wildman–Crippen MR) is 114 cm³/mol. The molecule has 0 saturated carbocycles. The van der Waals surface area contributed by atoms with Gasteiger partial charge in [0.05, 0.1) is 20.3 Å². The normalized spacial score (nSPS) is 16.2. The lowest BCUT2D eigenvalue weighted by molar-refractivity contribution is 0.0672. The topological polar surface area (TPSA) is 72.5 Å². The first-order valence-electron chi connectivity index (χ1n) is 10.3. The third-order valence-corrected chi connectivity index (χ3v) is 5.41. The van der Waals surface area contributed by atoms with Crippen LogP contribution in [-0.4, -0.2) is 53.8 Å². The summed E-state index contributed by atoms with van der Waals surface area (Å²) in [5, 5.41) is 11.6. The molecule has 1 fully saturated rings. The molecule has 2 heterocycles. The van der Waals surface area contributed by atoms with Crippen molar-refractivity contribution >= 4 is 0 Å². The summed E-state index contributed by atoms with van der Waals surface area (Å²) >= 11 is 0. The zero-order valence-electron chi connectivity index (χ0n) is 17.5. The van der Waals surface area contributed by atoms with E-state index >= 15 is 0 Å². The van der Waals surface area contributed by atoms with Crippen molar-refractivity contribution in [1.82, 2.24) is 20.3 Å². The Labute approximate surface area is 177 Å². The highest BCUT2D eigenvalue weighted by Crippen LogP contribution is 2.28. The van der Waals surface area contributed by atoms with Crippen LogP contribution in [0.2, 0.25) is 0 Å². The molecule has 1 N–H and O–H groups in total. The van der Waals surface area contributed by atoms with Gasteiger partial charge in [-0.25, -0.2) is 0 Å². The molecule has 3 aromatic rings. The monoisotopic (exact) mass is 408 g/mol. The SMILES string of the molecule is COc1ccc(CN(Cc2n[nH]nc2-c2ccccc2)C[C@@H]2CCCO2)c(OC)c1. The van der Waals surface area contributed by atoms with Crippen molar-refractivity contribution in [1.29, 1.82) is 0 Å². The Hall–Kier alpha value is -2.90. The van der Waals surface area contributed by atoms with E-state index in [0.29, 0.717) is 13.1 Å². The van der Waals surface area contributed by atoms with Gasteiger partial charge >= 0.3 is 0 Å². The summed E-state index contributed by atoms with van der Waals surface area (Å²) in [5.41, 5.74) is 3.96. The lowest BCUT2D eigenvalue weighted by Gasteiger charge is -2.25. The van der Waals surface area contributed by atoms with Crippen LogP contribution in [0.4, 0.5) is 0 Å². The van der Waals surface area contributed by atoms with Crippen LogP contribution in [0, 0.1) is 0 Å². The minimum atomic E-state index is 0.237. The standard InChI is InChI=1S/C23H28N4O3/c1-28-19-11-10-18(22(13-19)29-2)14-27(15-20-9-6-12-30-20)16-21-23(25-26-24-21)17-7-4-3-5-8-17/h3-5,7-8,10-11,13,20H,6,9,12,14-16H2,1-2H3,(H,24,25,26)/t20-/m0/s1. The van der Waals surface area contributed by atoms with E-state index in [1.807, 2.05) is 30.3 Å². The summed E-state index contributed by atoms with van der Waals surface area (Å²) in [6.07, 6.45) is 2.44. The predicted octanol–water partition coefficient (Wildman–Crippen LogP) is 3.67. The van der Waals surface area contributed by atoms with Crippen LogP contribution < -0.4 is 9.47 Å². The van der Waals surface area contributed by atoms with Gasteiger partial charge in [0.25, 0.3) is 0 Å². The molecule has 158 valence electrons. The molecule has 1 aliphatic rings. The number of nitrogens with one attached hydrogen (secondary N) is 1. The molecule has 7 heteroatoms. The number of hydrogen-bond donors (Lipinski definition) is 1. The van der Waals surface area contributed by atoms with Crippen molar-refractivity contribution in [2.45, 2.75) is 32.0 Å². The van der Waals surface area contributed by atoms with Gasteiger partial charge in [0.15, 0.2) is 0 Å². The smallest absolute Gasteiger partial charge is 0.127 e. The van der Waals surface area contributed by atoms with Gasteiger partial charge < -0.3 is 14.2 Å². The van der Waals surface area contributed by atoms with Gasteiger partial charge in [0, 0.05) is 43.4 Å². The van der Waals surface area contributed by atoms with Crippen LogP contribution in [0.5, 0.6) is 11.5 Å². The van der Waals surface area contributed by atoms with E-state index in [1.165, 1.54) is 0 Å². The van der Waals surface area contributed by atoms with Gasteiger partial charge in [0.2, 0.25) is 0 Å². The Morgan fingerprint density at radius 2 is 1.93 bits per heavy atom. The number of benzene rings is 2. The minimum absolute atomic E-state index is 0.237. The number of rotatable bonds is 9. The first-order valence-corrected chi connectivity index (χ1v) is 10.3. The molecule has 2 aromatic carbocycles. The average molecular weight is 409 g/mol. The highest BCUT2D eigenvalue weighted by Gasteiger charge is 2.23. The van der Waals surface area contributed by atoms with Gasteiger partial charge in [-0.2, -0.15) is 15.4 Å². The number of H-pyrrole nitrogens is 1. The summed E-state index contributed by atoms with van der Waals surface area (Å²) in [6, 6.07) is 16.1. The Morgan fingerprint density at radius 1 is 1.07 bits per heavy atom. The summed E-state index contributed by atoms with van der Waals surface area (Å²) in [6.45, 7) is 3.05. The van der Waals surface area contributed by atoms with Gasteiger partial charge in [0.1, 0.15) is 22.9 Å². The fourth-order valence-corrected chi connectivity index (χ4v) is 3.89. The van der Waals surface area contributed by atoms with Crippen LogP contribution in [0.15, 0.2) is 48.5 Å². The Kier molecular flexibility index (Phi) is 6.61. The van der Waals surface area contributed by atoms with Crippen molar-refractivity contribution in [3.8, 4) is 22.8 Å². The molecule has 0 aliphatic carbocycles. The van der Waals surface area contributed by atoms with E-state index in [-0.39, 0.29) is 6.10 Å². The van der Waals surface area contributed by atoms with Gasteiger partial charge in [-0.05, 0) is 18.9 Å². The highest BCUT2D eigenvalue weighted by atomic mass is 16.5. The molecule has 7 nitrogen and oxygen atoms in total. The molecule has 0 amide bonds. The maximum atomic E-state index is 5.91. The molecule has 0 bridgehead atoms.